The number of hydrazone groups is 1. The quantitative estimate of drug-likeness (QED) is 0.572. The van der Waals surface area contributed by atoms with E-state index in [1.54, 1.807) is 24.7 Å². The van der Waals surface area contributed by atoms with E-state index >= 15 is 0 Å². The SMILES string of the molecule is CC(=NNC(=O)C1COc2ccccc2O1)c1ccc(-n2ccnc2)cc1. The molecule has 0 bridgehead atoms. The van der Waals surface area contributed by atoms with Crippen LogP contribution >= 0.6 is 0 Å². The normalized spacial score (nSPS) is 16.0. The van der Waals surface area contributed by atoms with Crippen molar-refractivity contribution >= 4 is 11.6 Å². The summed E-state index contributed by atoms with van der Waals surface area (Å²) in [5, 5.41) is 4.18. The van der Waals surface area contributed by atoms with Crippen molar-refractivity contribution in [3.8, 4) is 17.2 Å². The zero-order valence-electron chi connectivity index (χ0n) is 14.7. The predicted octanol–water partition coefficient (Wildman–Crippen LogP) is 2.55. The molecule has 7 nitrogen and oxygen atoms in total. The van der Waals surface area contributed by atoms with Gasteiger partial charge in [-0.15, -0.1) is 0 Å². The smallest absolute Gasteiger partial charge is 0.284 e. The first kappa shape index (κ1) is 16.8. The van der Waals surface area contributed by atoms with Crippen LogP contribution < -0.4 is 14.9 Å². The van der Waals surface area contributed by atoms with Gasteiger partial charge in [0.2, 0.25) is 6.10 Å². The average Bonchev–Trinajstić information content (AvgIpc) is 3.26. The molecule has 1 aliphatic heterocycles. The zero-order chi connectivity index (χ0) is 18.6. The van der Waals surface area contributed by atoms with Gasteiger partial charge in [-0.1, -0.05) is 24.3 Å². The van der Waals surface area contributed by atoms with Crippen LogP contribution in [0.1, 0.15) is 12.5 Å². The number of ether oxygens (including phenoxy) is 2. The Bertz CT molecular complexity index is 965. The fourth-order valence-electron chi connectivity index (χ4n) is 2.71. The van der Waals surface area contributed by atoms with E-state index in [4.69, 9.17) is 9.47 Å². The van der Waals surface area contributed by atoms with Gasteiger partial charge in [0, 0.05) is 18.1 Å². The zero-order valence-corrected chi connectivity index (χ0v) is 14.7. The number of imidazole rings is 1. The van der Waals surface area contributed by atoms with Gasteiger partial charge in [0.05, 0.1) is 12.0 Å². The van der Waals surface area contributed by atoms with Crippen molar-refractivity contribution in [2.45, 2.75) is 13.0 Å². The van der Waals surface area contributed by atoms with Crippen LogP contribution in [-0.4, -0.2) is 33.9 Å². The van der Waals surface area contributed by atoms with E-state index in [1.165, 1.54) is 0 Å². The lowest BCUT2D eigenvalue weighted by Gasteiger charge is -2.24. The molecule has 2 aromatic carbocycles. The van der Waals surface area contributed by atoms with Gasteiger partial charge in [0.25, 0.3) is 5.91 Å². The molecule has 0 radical (unpaired) electrons. The van der Waals surface area contributed by atoms with E-state index in [0.717, 1.165) is 11.3 Å². The van der Waals surface area contributed by atoms with Crippen molar-refractivity contribution in [1.82, 2.24) is 15.0 Å². The molecule has 0 saturated carbocycles. The molecular weight excluding hydrogens is 344 g/mol. The minimum absolute atomic E-state index is 0.150. The number of carbonyl (C=O) groups excluding carboxylic acids is 1. The lowest BCUT2D eigenvalue weighted by molar-refractivity contribution is -0.130. The maximum atomic E-state index is 12.3. The molecule has 0 spiro atoms. The number of rotatable bonds is 4. The Morgan fingerprint density at radius 3 is 2.70 bits per heavy atom. The van der Waals surface area contributed by atoms with Crippen LogP contribution in [0.3, 0.4) is 0 Å². The predicted molar refractivity (Wildman–Crippen MR) is 100 cm³/mol. The summed E-state index contributed by atoms with van der Waals surface area (Å²) in [5.41, 5.74) is 5.15. The third-order valence-corrected chi connectivity index (χ3v) is 4.22. The van der Waals surface area contributed by atoms with E-state index in [1.807, 2.05) is 54.1 Å². The first-order valence-electron chi connectivity index (χ1n) is 8.52. The van der Waals surface area contributed by atoms with E-state index in [-0.39, 0.29) is 12.5 Å². The summed E-state index contributed by atoms with van der Waals surface area (Å²) in [7, 11) is 0. The Morgan fingerprint density at radius 2 is 1.96 bits per heavy atom. The molecule has 1 unspecified atom stereocenters. The van der Waals surface area contributed by atoms with E-state index in [0.29, 0.717) is 17.2 Å². The fraction of sp³-hybridized carbons (Fsp3) is 0.150. The number of hydrogen-bond donors (Lipinski definition) is 1. The highest BCUT2D eigenvalue weighted by molar-refractivity contribution is 5.99. The lowest BCUT2D eigenvalue weighted by atomic mass is 10.1. The Hall–Kier alpha value is -3.61. The molecule has 2 heterocycles. The van der Waals surface area contributed by atoms with Crippen molar-refractivity contribution in [3.05, 3.63) is 72.8 Å². The standard InChI is InChI=1S/C20H18N4O3/c1-14(15-6-8-16(9-7-15)24-11-10-21-13-24)22-23-20(25)19-12-26-17-4-2-3-5-18(17)27-19/h2-11,13,19H,12H2,1H3,(H,23,25). The minimum Gasteiger partial charge on any atom is -0.485 e. The largest absolute Gasteiger partial charge is 0.485 e. The van der Waals surface area contributed by atoms with Crippen LogP contribution in [0.4, 0.5) is 0 Å². The summed E-state index contributed by atoms with van der Waals surface area (Å²) in [6.45, 7) is 1.98. The molecule has 27 heavy (non-hydrogen) atoms. The number of carbonyl (C=O) groups is 1. The van der Waals surface area contributed by atoms with Crippen molar-refractivity contribution < 1.29 is 14.3 Å². The Labute approximate surface area is 156 Å². The van der Waals surface area contributed by atoms with Gasteiger partial charge in [0.15, 0.2) is 11.5 Å². The number of fused-ring (bicyclic) bond motifs is 1. The molecule has 0 aliphatic carbocycles. The van der Waals surface area contributed by atoms with Gasteiger partial charge >= 0.3 is 0 Å². The van der Waals surface area contributed by atoms with Crippen LogP contribution in [0.15, 0.2) is 72.4 Å². The molecule has 4 rings (SSSR count). The number of hydrogen-bond acceptors (Lipinski definition) is 5. The van der Waals surface area contributed by atoms with Gasteiger partial charge in [-0.25, -0.2) is 10.4 Å². The molecule has 0 fully saturated rings. The minimum atomic E-state index is -0.736. The van der Waals surface area contributed by atoms with Crippen LogP contribution in [-0.2, 0) is 4.79 Å². The molecule has 1 aromatic heterocycles. The summed E-state index contributed by atoms with van der Waals surface area (Å²) >= 11 is 0. The van der Waals surface area contributed by atoms with Gasteiger partial charge < -0.3 is 14.0 Å². The second-order valence-electron chi connectivity index (χ2n) is 6.05. The molecule has 3 aromatic rings. The maximum absolute atomic E-state index is 12.3. The summed E-state index contributed by atoms with van der Waals surface area (Å²) in [5.74, 6) is 0.845. The highest BCUT2D eigenvalue weighted by Gasteiger charge is 2.27. The Balaban J connectivity index is 1.40. The van der Waals surface area contributed by atoms with Crippen LogP contribution in [0.5, 0.6) is 11.5 Å². The number of para-hydroxylation sites is 2. The van der Waals surface area contributed by atoms with E-state index < -0.39 is 6.10 Å². The second kappa shape index (κ2) is 7.33. The molecule has 136 valence electrons. The number of benzene rings is 2. The van der Waals surface area contributed by atoms with Crippen LogP contribution in [0.2, 0.25) is 0 Å². The van der Waals surface area contributed by atoms with Crippen LogP contribution in [0.25, 0.3) is 5.69 Å². The van der Waals surface area contributed by atoms with Crippen molar-refractivity contribution in [1.29, 1.82) is 0 Å². The van der Waals surface area contributed by atoms with Gasteiger partial charge in [-0.05, 0) is 36.8 Å². The third-order valence-electron chi connectivity index (χ3n) is 4.22. The maximum Gasteiger partial charge on any atom is 0.284 e. The van der Waals surface area contributed by atoms with Gasteiger partial charge in [0.1, 0.15) is 6.61 Å². The molecule has 1 N–H and O–H groups in total. The van der Waals surface area contributed by atoms with E-state index in [2.05, 4.69) is 15.5 Å². The summed E-state index contributed by atoms with van der Waals surface area (Å²) in [6.07, 6.45) is 4.60. The van der Waals surface area contributed by atoms with Crippen molar-refractivity contribution in [3.63, 3.8) is 0 Å². The number of nitrogens with zero attached hydrogens (tertiary/aromatic N) is 3. The lowest BCUT2D eigenvalue weighted by Crippen LogP contribution is -2.42. The fourth-order valence-corrected chi connectivity index (χ4v) is 2.71. The number of nitrogens with one attached hydrogen (secondary N) is 1. The summed E-state index contributed by atoms with van der Waals surface area (Å²) in [4.78, 5) is 16.4. The highest BCUT2D eigenvalue weighted by atomic mass is 16.6. The molecule has 1 aliphatic rings. The Morgan fingerprint density at radius 1 is 1.19 bits per heavy atom. The summed E-state index contributed by atoms with van der Waals surface area (Å²) in [6, 6.07) is 15.1. The molecule has 1 amide bonds. The van der Waals surface area contributed by atoms with E-state index in [9.17, 15) is 4.79 Å². The number of amides is 1. The summed E-state index contributed by atoms with van der Waals surface area (Å²) < 4.78 is 13.1. The molecular formula is C20H18N4O3. The molecule has 1 atom stereocenters. The Kier molecular flexibility index (Phi) is 4.57. The average molecular weight is 362 g/mol. The van der Waals surface area contributed by atoms with Gasteiger partial charge in [-0.3, -0.25) is 4.79 Å². The molecule has 7 heteroatoms. The highest BCUT2D eigenvalue weighted by Crippen LogP contribution is 2.30. The molecule has 0 saturated heterocycles. The van der Waals surface area contributed by atoms with Gasteiger partial charge in [-0.2, -0.15) is 5.10 Å². The van der Waals surface area contributed by atoms with Crippen molar-refractivity contribution in [2.24, 2.45) is 5.10 Å². The topological polar surface area (TPSA) is 77.7 Å². The number of aromatic nitrogens is 2. The second-order valence-corrected chi connectivity index (χ2v) is 6.05. The van der Waals surface area contributed by atoms with Crippen molar-refractivity contribution in [2.75, 3.05) is 6.61 Å². The first-order chi connectivity index (χ1) is 13.2. The first-order valence-corrected chi connectivity index (χ1v) is 8.52. The van der Waals surface area contributed by atoms with Crippen LogP contribution in [0, 0.1) is 0 Å². The third kappa shape index (κ3) is 3.67. The monoisotopic (exact) mass is 362 g/mol.